The fraction of sp³-hybridized carbons (Fsp3) is 0.385. The number of cyclic esters (lactones) is 1. The van der Waals surface area contributed by atoms with Crippen LogP contribution in [-0.2, 0) is 4.74 Å². The number of ether oxygens (including phenoxy) is 1. The van der Waals surface area contributed by atoms with E-state index < -0.39 is 0 Å². The molecule has 1 heterocycles. The van der Waals surface area contributed by atoms with Crippen LogP contribution in [0.3, 0.4) is 0 Å². The highest BCUT2D eigenvalue weighted by atomic mass is 35.5. The first-order valence-corrected chi connectivity index (χ1v) is 6.98. The number of halogens is 2. The van der Waals surface area contributed by atoms with Crippen molar-refractivity contribution in [3.05, 3.63) is 33.8 Å². The summed E-state index contributed by atoms with van der Waals surface area (Å²) in [6.07, 6.45) is 0.470. The van der Waals surface area contributed by atoms with Crippen molar-refractivity contribution < 1.29 is 14.3 Å². The smallest absolute Gasteiger partial charge is 0.409 e. The van der Waals surface area contributed by atoms with Crippen LogP contribution >= 0.6 is 23.2 Å². The Morgan fingerprint density at radius 3 is 2.90 bits per heavy atom. The molecule has 1 aromatic carbocycles. The standard InChI is InChI=1S/C13H14Cl2N2O3/c14-9-2-3-10(11(15)8-9)12(18)16-4-6-17-5-1-7-20-13(17)19/h2-3,8H,1,4-7H2,(H,16,18). The lowest BCUT2D eigenvalue weighted by molar-refractivity contribution is 0.0719. The molecule has 0 aromatic heterocycles. The predicted octanol–water partition coefficient (Wildman–Crippen LogP) is 2.57. The largest absolute Gasteiger partial charge is 0.449 e. The summed E-state index contributed by atoms with van der Waals surface area (Å²) in [7, 11) is 0. The van der Waals surface area contributed by atoms with Gasteiger partial charge in [-0.25, -0.2) is 4.79 Å². The van der Waals surface area contributed by atoms with E-state index in [1.165, 1.54) is 6.07 Å². The first kappa shape index (κ1) is 14.9. The Morgan fingerprint density at radius 2 is 2.20 bits per heavy atom. The van der Waals surface area contributed by atoms with Crippen LogP contribution in [0.1, 0.15) is 16.8 Å². The summed E-state index contributed by atoms with van der Waals surface area (Å²) < 4.78 is 4.90. The molecule has 108 valence electrons. The Hall–Kier alpha value is -1.46. The number of nitrogens with one attached hydrogen (secondary N) is 1. The lowest BCUT2D eigenvalue weighted by Crippen LogP contribution is -2.42. The average molecular weight is 317 g/mol. The van der Waals surface area contributed by atoms with E-state index in [-0.39, 0.29) is 12.0 Å². The molecule has 0 aliphatic carbocycles. The maximum Gasteiger partial charge on any atom is 0.409 e. The van der Waals surface area contributed by atoms with Gasteiger partial charge >= 0.3 is 6.09 Å². The first-order chi connectivity index (χ1) is 9.58. The minimum atomic E-state index is -0.338. The van der Waals surface area contributed by atoms with E-state index in [1.807, 2.05) is 0 Å². The molecule has 1 N–H and O–H groups in total. The van der Waals surface area contributed by atoms with Crippen LogP contribution in [0.2, 0.25) is 10.0 Å². The van der Waals surface area contributed by atoms with Gasteiger partial charge in [-0.1, -0.05) is 23.2 Å². The van der Waals surface area contributed by atoms with Gasteiger partial charge in [0.15, 0.2) is 0 Å². The zero-order valence-corrected chi connectivity index (χ0v) is 12.2. The van der Waals surface area contributed by atoms with Gasteiger partial charge in [0.25, 0.3) is 5.91 Å². The summed E-state index contributed by atoms with van der Waals surface area (Å²) >= 11 is 11.7. The second-order valence-corrected chi connectivity index (χ2v) is 5.18. The Balaban J connectivity index is 1.84. The summed E-state index contributed by atoms with van der Waals surface area (Å²) in [6, 6.07) is 4.68. The number of nitrogens with zero attached hydrogens (tertiary/aromatic N) is 1. The predicted molar refractivity (Wildman–Crippen MR) is 76.3 cm³/mol. The van der Waals surface area contributed by atoms with Gasteiger partial charge in [-0.3, -0.25) is 4.79 Å². The van der Waals surface area contributed by atoms with Gasteiger partial charge in [0, 0.05) is 24.7 Å². The van der Waals surface area contributed by atoms with Crippen molar-refractivity contribution in [2.24, 2.45) is 0 Å². The third-order valence-corrected chi connectivity index (χ3v) is 3.45. The van der Waals surface area contributed by atoms with Crippen molar-refractivity contribution in [3.8, 4) is 0 Å². The van der Waals surface area contributed by atoms with Gasteiger partial charge in [0.1, 0.15) is 0 Å². The molecule has 0 radical (unpaired) electrons. The van der Waals surface area contributed by atoms with E-state index in [2.05, 4.69) is 5.32 Å². The molecule has 2 amide bonds. The summed E-state index contributed by atoms with van der Waals surface area (Å²) in [5, 5.41) is 3.48. The molecule has 1 saturated heterocycles. The molecule has 7 heteroatoms. The molecule has 0 saturated carbocycles. The molecule has 0 unspecified atom stereocenters. The van der Waals surface area contributed by atoms with Crippen LogP contribution in [0.25, 0.3) is 0 Å². The Labute approximate surface area is 126 Å². The topological polar surface area (TPSA) is 58.6 Å². The molecule has 2 rings (SSSR count). The maximum atomic E-state index is 11.9. The van der Waals surface area contributed by atoms with Crippen LogP contribution in [-0.4, -0.2) is 43.1 Å². The summed E-state index contributed by atoms with van der Waals surface area (Å²) in [5.41, 5.74) is 0.359. The minimum Gasteiger partial charge on any atom is -0.449 e. The molecule has 0 atom stereocenters. The normalized spacial score (nSPS) is 14.9. The Morgan fingerprint density at radius 1 is 1.40 bits per heavy atom. The molecule has 1 aliphatic rings. The van der Waals surface area contributed by atoms with E-state index in [0.717, 1.165) is 6.42 Å². The number of rotatable bonds is 4. The molecule has 1 aliphatic heterocycles. The molecular formula is C13H14Cl2N2O3. The van der Waals surface area contributed by atoms with Crippen LogP contribution in [0, 0.1) is 0 Å². The van der Waals surface area contributed by atoms with Crippen LogP contribution < -0.4 is 5.32 Å². The Kier molecular flexibility index (Phi) is 5.09. The third kappa shape index (κ3) is 3.77. The van der Waals surface area contributed by atoms with Crippen molar-refractivity contribution in [1.82, 2.24) is 10.2 Å². The fourth-order valence-electron chi connectivity index (χ4n) is 1.87. The highest BCUT2D eigenvalue weighted by Crippen LogP contribution is 2.20. The van der Waals surface area contributed by atoms with Gasteiger partial charge in [-0.15, -0.1) is 0 Å². The number of benzene rings is 1. The van der Waals surface area contributed by atoms with Crippen LogP contribution in [0.4, 0.5) is 4.79 Å². The van der Waals surface area contributed by atoms with Gasteiger partial charge in [0.05, 0.1) is 17.2 Å². The van der Waals surface area contributed by atoms with E-state index in [4.69, 9.17) is 27.9 Å². The number of carbonyl (C=O) groups excluding carboxylic acids is 2. The molecule has 0 bridgehead atoms. The number of carbonyl (C=O) groups is 2. The lowest BCUT2D eigenvalue weighted by atomic mass is 10.2. The van der Waals surface area contributed by atoms with Crippen molar-refractivity contribution >= 4 is 35.2 Å². The van der Waals surface area contributed by atoms with Crippen molar-refractivity contribution in [2.45, 2.75) is 6.42 Å². The van der Waals surface area contributed by atoms with Crippen LogP contribution in [0.5, 0.6) is 0 Å². The minimum absolute atomic E-state index is 0.294. The highest BCUT2D eigenvalue weighted by Gasteiger charge is 2.19. The van der Waals surface area contributed by atoms with Gasteiger partial charge < -0.3 is 15.0 Å². The summed E-state index contributed by atoms with van der Waals surface area (Å²) in [4.78, 5) is 24.9. The van der Waals surface area contributed by atoms with Crippen molar-refractivity contribution in [2.75, 3.05) is 26.2 Å². The maximum absolute atomic E-state index is 11.9. The number of amides is 2. The van der Waals surface area contributed by atoms with Crippen molar-refractivity contribution in [1.29, 1.82) is 0 Å². The molecule has 20 heavy (non-hydrogen) atoms. The third-order valence-electron chi connectivity index (χ3n) is 2.90. The van der Waals surface area contributed by atoms with Crippen LogP contribution in [0.15, 0.2) is 18.2 Å². The molecule has 1 fully saturated rings. The van der Waals surface area contributed by atoms with Gasteiger partial charge in [-0.05, 0) is 24.6 Å². The zero-order chi connectivity index (χ0) is 14.5. The molecular weight excluding hydrogens is 303 g/mol. The monoisotopic (exact) mass is 316 g/mol. The number of hydrogen-bond donors (Lipinski definition) is 1. The van der Waals surface area contributed by atoms with E-state index in [0.29, 0.717) is 41.8 Å². The average Bonchev–Trinajstić information content (AvgIpc) is 2.40. The van der Waals surface area contributed by atoms with Crippen molar-refractivity contribution in [3.63, 3.8) is 0 Å². The van der Waals surface area contributed by atoms with E-state index >= 15 is 0 Å². The zero-order valence-electron chi connectivity index (χ0n) is 10.7. The second-order valence-electron chi connectivity index (χ2n) is 4.34. The van der Waals surface area contributed by atoms with E-state index in [9.17, 15) is 9.59 Å². The SMILES string of the molecule is O=C(NCCN1CCCOC1=O)c1ccc(Cl)cc1Cl. The Bertz CT molecular complexity index is 522. The summed E-state index contributed by atoms with van der Waals surface area (Å²) in [5.74, 6) is -0.294. The molecule has 0 spiro atoms. The van der Waals surface area contributed by atoms with Gasteiger partial charge in [0.2, 0.25) is 0 Å². The quantitative estimate of drug-likeness (QED) is 0.928. The summed E-state index contributed by atoms with van der Waals surface area (Å²) in [6.45, 7) is 1.86. The van der Waals surface area contributed by atoms with Gasteiger partial charge in [-0.2, -0.15) is 0 Å². The first-order valence-electron chi connectivity index (χ1n) is 6.23. The molecule has 5 nitrogen and oxygen atoms in total. The number of hydrogen-bond acceptors (Lipinski definition) is 3. The molecule has 1 aromatic rings. The highest BCUT2D eigenvalue weighted by molar-refractivity contribution is 6.36. The lowest BCUT2D eigenvalue weighted by Gasteiger charge is -2.26. The second kappa shape index (κ2) is 6.81. The fourth-order valence-corrected chi connectivity index (χ4v) is 2.37. The van der Waals surface area contributed by atoms with E-state index in [1.54, 1.807) is 17.0 Å².